The molecule has 1 saturated heterocycles. The smallest absolute Gasteiger partial charge is 0.340 e. The molecule has 5 aliphatic carbocycles. The molecule has 6 aliphatic rings. The van der Waals surface area contributed by atoms with Gasteiger partial charge in [0.05, 0.1) is 35.7 Å². The third kappa shape index (κ3) is 3.31. The molecule has 1 aromatic carbocycles. The maximum Gasteiger partial charge on any atom is 0.340 e. The van der Waals surface area contributed by atoms with Crippen molar-refractivity contribution in [1.82, 2.24) is 4.90 Å². The van der Waals surface area contributed by atoms with E-state index in [4.69, 9.17) is 18.9 Å². The Balaban J connectivity index is 1.37. The van der Waals surface area contributed by atoms with Crippen LogP contribution in [0.4, 0.5) is 5.69 Å². The minimum atomic E-state index is -1.25. The molecular formula is C32H44N2O8. The van der Waals surface area contributed by atoms with E-state index in [0.29, 0.717) is 43.5 Å². The molecule has 1 heterocycles. The molecule has 13 unspecified atom stereocenters. The van der Waals surface area contributed by atoms with E-state index in [9.17, 15) is 19.8 Å². The Morgan fingerprint density at radius 3 is 2.48 bits per heavy atom. The molecule has 3 N–H and O–H groups in total. The minimum absolute atomic E-state index is 0.0523. The van der Waals surface area contributed by atoms with Gasteiger partial charge in [0.15, 0.2) is 0 Å². The van der Waals surface area contributed by atoms with Crippen LogP contribution in [0.5, 0.6) is 0 Å². The van der Waals surface area contributed by atoms with E-state index in [1.54, 1.807) is 45.6 Å². The molecule has 13 atom stereocenters. The molecule has 0 radical (unpaired) electrons. The highest BCUT2D eigenvalue weighted by Gasteiger charge is 2.86. The first-order valence-corrected chi connectivity index (χ1v) is 15.5. The van der Waals surface area contributed by atoms with Crippen molar-refractivity contribution in [2.45, 2.75) is 81.2 Å². The number of anilines is 1. The number of nitrogens with zero attached hydrogens (tertiary/aromatic N) is 1. The lowest BCUT2D eigenvalue weighted by Gasteiger charge is -2.69. The number of rotatable bonds is 7. The van der Waals surface area contributed by atoms with Crippen LogP contribution in [-0.2, 0) is 23.7 Å². The van der Waals surface area contributed by atoms with Crippen molar-refractivity contribution < 1.29 is 38.7 Å². The summed E-state index contributed by atoms with van der Waals surface area (Å²) in [6.45, 7) is 4.88. The fourth-order valence-corrected chi connectivity index (χ4v) is 11.7. The Morgan fingerprint density at radius 1 is 1.07 bits per heavy atom. The van der Waals surface area contributed by atoms with Crippen molar-refractivity contribution in [3.8, 4) is 0 Å². The van der Waals surface area contributed by atoms with E-state index in [1.165, 1.54) is 6.92 Å². The third-order valence-electron chi connectivity index (χ3n) is 12.5. The number of hydrogen-bond donors (Lipinski definition) is 3. The number of methoxy groups -OCH3 is 3. The Hall–Kier alpha value is -2.08. The maximum atomic E-state index is 14.0. The topological polar surface area (TPSA) is 127 Å². The monoisotopic (exact) mass is 584 g/mol. The molecule has 5 saturated carbocycles. The lowest BCUT2D eigenvalue weighted by atomic mass is 9.44. The number of aliphatic hydroxyl groups is 2. The maximum absolute atomic E-state index is 14.0. The summed E-state index contributed by atoms with van der Waals surface area (Å²) >= 11 is 0. The zero-order chi connectivity index (χ0) is 29.8. The van der Waals surface area contributed by atoms with E-state index in [-0.39, 0.29) is 41.7 Å². The van der Waals surface area contributed by atoms with Crippen LogP contribution in [0.1, 0.15) is 49.9 Å². The van der Waals surface area contributed by atoms with E-state index in [1.807, 2.05) is 0 Å². The number of amides is 1. The SMILES string of the molecule is CCN1CC2(OC(=O)c3ccccc3NC(C)=O)CCC(OC)C34C1C(CC23)C1C(O)C(OC)C2CC4C1(O)C2OC. The molecular weight excluding hydrogens is 540 g/mol. The van der Waals surface area contributed by atoms with E-state index in [2.05, 4.69) is 17.1 Å². The van der Waals surface area contributed by atoms with Crippen LogP contribution in [0.3, 0.4) is 0 Å². The molecule has 6 fully saturated rings. The average Bonchev–Trinajstić information content (AvgIpc) is 3.35. The van der Waals surface area contributed by atoms with Crippen LogP contribution >= 0.6 is 0 Å². The van der Waals surface area contributed by atoms with Gasteiger partial charge in [-0.2, -0.15) is 0 Å². The van der Waals surface area contributed by atoms with E-state index in [0.717, 1.165) is 6.54 Å². The third-order valence-corrected chi connectivity index (χ3v) is 12.5. The summed E-state index contributed by atoms with van der Waals surface area (Å²) in [7, 11) is 5.06. The second-order valence-electron chi connectivity index (χ2n) is 13.6. The number of benzene rings is 1. The summed E-state index contributed by atoms with van der Waals surface area (Å²) < 4.78 is 25.1. The molecule has 1 spiro atoms. The van der Waals surface area contributed by atoms with Gasteiger partial charge in [-0.15, -0.1) is 0 Å². The number of piperidine rings is 1. The van der Waals surface area contributed by atoms with Crippen LogP contribution in [0.25, 0.3) is 0 Å². The lowest BCUT2D eigenvalue weighted by molar-refractivity contribution is -0.309. The zero-order valence-electron chi connectivity index (χ0n) is 25.1. The number of carbonyl (C=O) groups excluding carboxylic acids is 2. The summed E-state index contributed by atoms with van der Waals surface area (Å²) in [4.78, 5) is 28.4. The number of nitrogens with one attached hydrogen (secondary N) is 1. The molecule has 10 nitrogen and oxygen atoms in total. The van der Waals surface area contributed by atoms with Gasteiger partial charge < -0.3 is 34.5 Å². The molecule has 7 bridgehead atoms. The first-order valence-electron chi connectivity index (χ1n) is 15.5. The van der Waals surface area contributed by atoms with Crippen molar-refractivity contribution in [1.29, 1.82) is 0 Å². The molecule has 10 heteroatoms. The number of esters is 1. The number of fused-ring (bicyclic) bond motifs is 2. The molecule has 42 heavy (non-hydrogen) atoms. The second-order valence-corrected chi connectivity index (χ2v) is 13.6. The van der Waals surface area contributed by atoms with Crippen LogP contribution < -0.4 is 5.32 Å². The summed E-state index contributed by atoms with van der Waals surface area (Å²) in [5, 5.41) is 27.5. The van der Waals surface area contributed by atoms with E-state index >= 15 is 0 Å². The normalized spacial score (nSPS) is 48.2. The van der Waals surface area contributed by atoms with Crippen molar-refractivity contribution in [3.63, 3.8) is 0 Å². The Bertz CT molecular complexity index is 1280. The predicted octanol–water partition coefficient (Wildman–Crippen LogP) is 2.08. The Labute approximate surface area is 247 Å². The number of hydrogen-bond acceptors (Lipinski definition) is 9. The van der Waals surface area contributed by atoms with Gasteiger partial charge in [0, 0.05) is 69.9 Å². The van der Waals surface area contributed by atoms with Gasteiger partial charge >= 0.3 is 5.97 Å². The summed E-state index contributed by atoms with van der Waals surface area (Å²) in [5.74, 6) is -1.66. The van der Waals surface area contributed by atoms with Crippen molar-refractivity contribution in [3.05, 3.63) is 29.8 Å². The first kappa shape index (κ1) is 28.7. The summed E-state index contributed by atoms with van der Waals surface area (Å²) in [5.41, 5.74) is -1.80. The number of para-hydroxylation sites is 1. The number of likely N-dealkylation sites (tertiary alicyclic amines) is 1. The average molecular weight is 585 g/mol. The van der Waals surface area contributed by atoms with Crippen molar-refractivity contribution >= 4 is 17.6 Å². The standard InChI is InChI=1S/C32H44N2O8/c1-6-34-15-30(42-29(37)17-9-7-8-10-20(17)33-16(2)35)12-11-23(39-3)31-21(30)13-18(27(31)34)24-25(36)26(40-4)19-14-22(31)32(24,38)28(19)41-5/h7-10,18-19,21-28,36,38H,6,11-15H2,1-5H3,(H,33,35). The lowest BCUT2D eigenvalue weighted by Crippen LogP contribution is -2.80. The number of carbonyl (C=O) groups is 2. The fraction of sp³-hybridized carbons (Fsp3) is 0.750. The minimum Gasteiger partial charge on any atom is -0.454 e. The molecule has 7 rings (SSSR count). The van der Waals surface area contributed by atoms with Crippen LogP contribution in [-0.4, -0.2) is 103 Å². The molecule has 0 aromatic heterocycles. The summed E-state index contributed by atoms with van der Waals surface area (Å²) in [6, 6.07) is 7.02. The van der Waals surface area contributed by atoms with Gasteiger partial charge in [-0.1, -0.05) is 19.1 Å². The predicted molar refractivity (Wildman–Crippen MR) is 152 cm³/mol. The van der Waals surface area contributed by atoms with Crippen LogP contribution in [0.2, 0.25) is 0 Å². The molecule has 230 valence electrons. The van der Waals surface area contributed by atoms with Gasteiger partial charge in [-0.05, 0) is 50.3 Å². The Kier molecular flexibility index (Phi) is 6.63. The highest BCUT2D eigenvalue weighted by atomic mass is 16.6. The Morgan fingerprint density at radius 2 is 1.81 bits per heavy atom. The quantitative estimate of drug-likeness (QED) is 0.413. The van der Waals surface area contributed by atoms with Crippen molar-refractivity contribution in [2.24, 2.45) is 35.0 Å². The van der Waals surface area contributed by atoms with Crippen LogP contribution in [0.15, 0.2) is 24.3 Å². The number of aliphatic hydroxyl groups excluding tert-OH is 1. The zero-order valence-corrected chi connectivity index (χ0v) is 25.1. The van der Waals surface area contributed by atoms with Gasteiger partial charge in [0.25, 0.3) is 0 Å². The molecule has 1 aromatic rings. The van der Waals surface area contributed by atoms with Crippen LogP contribution in [0, 0.1) is 35.0 Å². The van der Waals surface area contributed by atoms with E-state index < -0.39 is 46.8 Å². The largest absolute Gasteiger partial charge is 0.454 e. The molecule has 1 amide bonds. The second kappa shape index (κ2) is 9.71. The first-order chi connectivity index (χ1) is 20.1. The number of ether oxygens (including phenoxy) is 4. The van der Waals surface area contributed by atoms with Crippen molar-refractivity contribution in [2.75, 3.05) is 39.7 Å². The molecule has 1 aliphatic heterocycles. The van der Waals surface area contributed by atoms with Gasteiger partial charge in [0.2, 0.25) is 5.91 Å². The summed E-state index contributed by atoms with van der Waals surface area (Å²) in [6.07, 6.45) is 0.833. The van der Waals surface area contributed by atoms with Gasteiger partial charge in [0.1, 0.15) is 11.2 Å². The van der Waals surface area contributed by atoms with Gasteiger partial charge in [-0.25, -0.2) is 4.79 Å². The highest BCUT2D eigenvalue weighted by molar-refractivity contribution is 6.00. The number of likely N-dealkylation sites (N-methyl/N-ethyl adjacent to an activating group) is 1. The highest BCUT2D eigenvalue weighted by Crippen LogP contribution is 2.78. The fourth-order valence-electron chi connectivity index (χ4n) is 11.7. The van der Waals surface area contributed by atoms with Gasteiger partial charge in [-0.3, -0.25) is 9.69 Å².